The second-order valence-corrected chi connectivity index (χ2v) is 4.64. The molecule has 0 heterocycles. The minimum atomic E-state index is -3.08. The Morgan fingerprint density at radius 2 is 1.80 bits per heavy atom. The van der Waals surface area contributed by atoms with E-state index in [-0.39, 0.29) is 0 Å². The van der Waals surface area contributed by atoms with Gasteiger partial charge in [-0.3, -0.25) is 4.57 Å². The first-order chi connectivity index (χ1) is 7.08. The lowest BCUT2D eigenvalue weighted by molar-refractivity contribution is 0.228. The Balaban J connectivity index is 4.64. The van der Waals surface area contributed by atoms with Gasteiger partial charge in [0.2, 0.25) is 0 Å². The van der Waals surface area contributed by atoms with Crippen molar-refractivity contribution in [3.05, 3.63) is 23.7 Å². The summed E-state index contributed by atoms with van der Waals surface area (Å²) in [4.78, 5) is 0. The van der Waals surface area contributed by atoms with Crippen LogP contribution in [0.3, 0.4) is 0 Å². The third-order valence-corrected chi connectivity index (χ3v) is 3.41. The molecule has 88 valence electrons. The van der Waals surface area contributed by atoms with Crippen molar-refractivity contribution in [2.75, 3.05) is 20.3 Å². The largest absolute Gasteiger partial charge is 0.504 e. The number of ether oxygens (including phenoxy) is 1. The van der Waals surface area contributed by atoms with Crippen LogP contribution in [0.4, 0.5) is 0 Å². The summed E-state index contributed by atoms with van der Waals surface area (Å²) in [7, 11) is -1.53. The van der Waals surface area contributed by atoms with Gasteiger partial charge in [0.25, 0.3) is 0 Å². The van der Waals surface area contributed by atoms with Gasteiger partial charge in [0.05, 0.1) is 26.6 Å². The van der Waals surface area contributed by atoms with Crippen LogP contribution in [0.2, 0.25) is 0 Å². The lowest BCUT2D eigenvalue weighted by Gasteiger charge is -2.13. The summed E-state index contributed by atoms with van der Waals surface area (Å²) in [6.07, 6.45) is 3.21. The average molecular weight is 234 g/mol. The average Bonchev–Trinajstić information content (AvgIpc) is 2.15. The van der Waals surface area contributed by atoms with Crippen molar-refractivity contribution >= 4 is 7.60 Å². The molecule has 0 unspecified atom stereocenters. The summed E-state index contributed by atoms with van der Waals surface area (Å²) in [6, 6.07) is 0. The molecule has 0 aliphatic carbocycles. The first kappa shape index (κ1) is 14.4. The summed E-state index contributed by atoms with van der Waals surface area (Å²) in [5, 5.41) is 0. The van der Waals surface area contributed by atoms with E-state index in [1.54, 1.807) is 34.0 Å². The van der Waals surface area contributed by atoms with Crippen molar-refractivity contribution < 1.29 is 18.3 Å². The summed E-state index contributed by atoms with van der Waals surface area (Å²) >= 11 is 0. The molecule has 4 nitrogen and oxygen atoms in total. The van der Waals surface area contributed by atoms with Gasteiger partial charge in [0.1, 0.15) is 0 Å². The van der Waals surface area contributed by atoms with Crippen LogP contribution in [0.15, 0.2) is 23.7 Å². The Morgan fingerprint density at radius 3 is 2.20 bits per heavy atom. The van der Waals surface area contributed by atoms with E-state index in [2.05, 4.69) is 0 Å². The third kappa shape index (κ3) is 6.50. The maximum atomic E-state index is 12.0. The van der Waals surface area contributed by atoms with E-state index in [0.717, 1.165) is 5.57 Å². The highest BCUT2D eigenvalue weighted by Gasteiger charge is 2.19. The van der Waals surface area contributed by atoms with E-state index in [1.165, 1.54) is 12.1 Å². The molecule has 0 saturated carbocycles. The van der Waals surface area contributed by atoms with E-state index >= 15 is 0 Å². The standard InChI is InChI=1S/C10H19O4P/c1-5-13-15(11,14-6-2)9-10(3)7-8-12-4/h7-9H,5-6H2,1-4H3/b8-7+,10-9+. The van der Waals surface area contributed by atoms with Crippen LogP contribution in [0.25, 0.3) is 0 Å². The van der Waals surface area contributed by atoms with Gasteiger partial charge in [-0.1, -0.05) is 0 Å². The van der Waals surface area contributed by atoms with Crippen molar-refractivity contribution in [2.45, 2.75) is 20.8 Å². The van der Waals surface area contributed by atoms with Gasteiger partial charge in [-0.25, -0.2) is 0 Å². The van der Waals surface area contributed by atoms with Crippen LogP contribution in [0.5, 0.6) is 0 Å². The van der Waals surface area contributed by atoms with E-state index in [0.29, 0.717) is 13.2 Å². The van der Waals surface area contributed by atoms with Crippen LogP contribution in [0, 0.1) is 0 Å². The molecule has 0 atom stereocenters. The summed E-state index contributed by atoms with van der Waals surface area (Å²) in [6.45, 7) is 6.07. The van der Waals surface area contributed by atoms with Gasteiger partial charge in [-0.2, -0.15) is 0 Å². The normalized spacial score (nSPS) is 13.5. The quantitative estimate of drug-likeness (QED) is 0.385. The highest BCUT2D eigenvalue weighted by Crippen LogP contribution is 2.50. The molecule has 0 aromatic carbocycles. The zero-order valence-corrected chi connectivity index (χ0v) is 10.6. The van der Waals surface area contributed by atoms with Crippen LogP contribution < -0.4 is 0 Å². The van der Waals surface area contributed by atoms with E-state index in [4.69, 9.17) is 13.8 Å². The molecule has 0 rings (SSSR count). The molecule has 5 heteroatoms. The Labute approximate surface area is 91.4 Å². The fourth-order valence-corrected chi connectivity index (χ4v) is 2.47. The molecule has 0 fully saturated rings. The zero-order valence-electron chi connectivity index (χ0n) is 9.73. The molecule has 15 heavy (non-hydrogen) atoms. The van der Waals surface area contributed by atoms with Crippen molar-refractivity contribution in [3.63, 3.8) is 0 Å². The lowest BCUT2D eigenvalue weighted by atomic mass is 10.3. The number of rotatable bonds is 7. The van der Waals surface area contributed by atoms with Crippen LogP contribution >= 0.6 is 7.60 Å². The van der Waals surface area contributed by atoms with E-state index < -0.39 is 7.60 Å². The Hall–Kier alpha value is -0.570. The maximum Gasteiger partial charge on any atom is 0.354 e. The monoisotopic (exact) mass is 234 g/mol. The predicted molar refractivity (Wildman–Crippen MR) is 60.8 cm³/mol. The molecule has 0 bridgehead atoms. The molecule has 0 aromatic rings. The number of allylic oxidation sites excluding steroid dienone is 2. The minimum absolute atomic E-state index is 0.356. The summed E-state index contributed by atoms with van der Waals surface area (Å²) in [5.41, 5.74) is 0.780. The molecular weight excluding hydrogens is 215 g/mol. The van der Waals surface area contributed by atoms with Gasteiger partial charge in [-0.05, 0) is 32.4 Å². The SMILES string of the molecule is CCOP(=O)(/C=C(C)/C=C/OC)OCC. The highest BCUT2D eigenvalue weighted by molar-refractivity contribution is 7.57. The smallest absolute Gasteiger partial charge is 0.354 e. The molecule has 0 aromatic heterocycles. The molecule has 0 aliphatic heterocycles. The van der Waals surface area contributed by atoms with Gasteiger partial charge in [0.15, 0.2) is 0 Å². The fraction of sp³-hybridized carbons (Fsp3) is 0.600. The van der Waals surface area contributed by atoms with Crippen molar-refractivity contribution in [1.29, 1.82) is 0 Å². The molecule has 0 aliphatic rings. The fourth-order valence-electron chi connectivity index (χ4n) is 0.939. The number of hydrogen-bond acceptors (Lipinski definition) is 4. The van der Waals surface area contributed by atoms with Crippen molar-refractivity contribution in [1.82, 2.24) is 0 Å². The maximum absolute atomic E-state index is 12.0. The Bertz CT molecular complexity index is 261. The first-order valence-corrected chi connectivity index (χ1v) is 6.46. The van der Waals surface area contributed by atoms with Gasteiger partial charge < -0.3 is 13.8 Å². The molecule has 0 radical (unpaired) electrons. The van der Waals surface area contributed by atoms with Gasteiger partial charge in [0, 0.05) is 5.82 Å². The van der Waals surface area contributed by atoms with E-state index in [1.807, 2.05) is 0 Å². The topological polar surface area (TPSA) is 44.8 Å². The van der Waals surface area contributed by atoms with Crippen LogP contribution in [-0.4, -0.2) is 20.3 Å². The van der Waals surface area contributed by atoms with Crippen LogP contribution in [0.1, 0.15) is 20.8 Å². The first-order valence-electron chi connectivity index (χ1n) is 4.85. The molecule has 0 amide bonds. The molecule has 0 saturated heterocycles. The van der Waals surface area contributed by atoms with Crippen molar-refractivity contribution in [3.8, 4) is 0 Å². The number of methoxy groups -OCH3 is 1. The Morgan fingerprint density at radius 1 is 1.27 bits per heavy atom. The summed E-state index contributed by atoms with van der Waals surface area (Å²) in [5.74, 6) is 1.50. The predicted octanol–water partition coefficient (Wildman–Crippen LogP) is 3.32. The highest BCUT2D eigenvalue weighted by atomic mass is 31.2. The Kier molecular flexibility index (Phi) is 7.39. The van der Waals surface area contributed by atoms with Gasteiger partial charge in [-0.15, -0.1) is 0 Å². The lowest BCUT2D eigenvalue weighted by Crippen LogP contribution is -1.93. The van der Waals surface area contributed by atoms with E-state index in [9.17, 15) is 4.57 Å². The second kappa shape index (κ2) is 7.69. The molecule has 0 spiro atoms. The molecule has 0 N–H and O–H groups in total. The summed E-state index contributed by atoms with van der Waals surface area (Å²) < 4.78 is 27.0. The minimum Gasteiger partial charge on any atom is -0.504 e. The van der Waals surface area contributed by atoms with Crippen LogP contribution in [-0.2, 0) is 18.3 Å². The third-order valence-electron chi connectivity index (χ3n) is 1.45. The zero-order chi connectivity index (χ0) is 11.7. The van der Waals surface area contributed by atoms with Gasteiger partial charge >= 0.3 is 7.60 Å². The second-order valence-electron chi connectivity index (χ2n) is 2.79. The molecular formula is C10H19O4P. The van der Waals surface area contributed by atoms with Crippen molar-refractivity contribution in [2.24, 2.45) is 0 Å². The number of hydrogen-bond donors (Lipinski definition) is 0.